The predicted octanol–water partition coefficient (Wildman–Crippen LogP) is 7.91. The van der Waals surface area contributed by atoms with Gasteiger partial charge in [-0.15, -0.1) is 4.89 Å². The van der Waals surface area contributed by atoms with Crippen molar-refractivity contribution in [1.82, 2.24) is 0 Å². The number of aliphatic carboxylic acids is 1. The molecule has 0 aliphatic carbocycles. The minimum Gasteiger partial charge on any atom is -0.474 e. The molecule has 0 amide bonds. The fourth-order valence-electron chi connectivity index (χ4n) is 4.08. The van der Waals surface area contributed by atoms with Gasteiger partial charge < -0.3 is 5.11 Å². The number of hydrogen-bond donors (Lipinski definition) is 1. The topological polar surface area (TPSA) is 99.1 Å². The van der Waals surface area contributed by atoms with Gasteiger partial charge in [-0.25, -0.2) is 9.68 Å². The Morgan fingerprint density at radius 3 is 1.81 bits per heavy atom. The van der Waals surface area contributed by atoms with Gasteiger partial charge in [0, 0.05) is 16.6 Å². The van der Waals surface area contributed by atoms with Crippen LogP contribution in [0.15, 0.2) is 0 Å². The lowest BCUT2D eigenvalue weighted by Gasteiger charge is -2.25. The van der Waals surface area contributed by atoms with Gasteiger partial charge in [0.25, 0.3) is 0 Å². The van der Waals surface area contributed by atoms with Gasteiger partial charge in [0.15, 0.2) is 0 Å². The summed E-state index contributed by atoms with van der Waals surface area (Å²) >= 11 is 0. The van der Waals surface area contributed by atoms with E-state index in [4.69, 9.17) is 14.5 Å². The third-order valence-corrected chi connectivity index (χ3v) is 9.09. The van der Waals surface area contributed by atoms with E-state index in [0.29, 0.717) is 12.2 Å². The van der Waals surface area contributed by atoms with Gasteiger partial charge in [-0.3, -0.25) is 8.95 Å². The summed E-state index contributed by atoms with van der Waals surface area (Å²) in [6, 6.07) is 0. The molecule has 9 heteroatoms. The molecule has 0 aromatic carbocycles. The average Bonchev–Trinajstić information content (AvgIpc) is 2.87. The number of carbonyl (C=O) groups is 1. The highest BCUT2D eigenvalue weighted by Crippen LogP contribution is 2.29. The van der Waals surface area contributed by atoms with E-state index in [9.17, 15) is 18.7 Å². The molecule has 5 unspecified atom stereocenters. The van der Waals surface area contributed by atoms with Crippen molar-refractivity contribution in [2.75, 3.05) is 12.4 Å². The summed E-state index contributed by atoms with van der Waals surface area (Å²) < 4.78 is 30.1. The minimum absolute atomic E-state index is 0.0744. The average molecular weight is 554 g/mol. The molecular formula is C27H54O7PS+. The zero-order valence-corrected chi connectivity index (χ0v) is 25.2. The van der Waals surface area contributed by atoms with E-state index >= 15 is 0 Å². The van der Waals surface area contributed by atoms with Gasteiger partial charge in [0.1, 0.15) is 6.10 Å². The van der Waals surface area contributed by atoms with Crippen molar-refractivity contribution in [2.45, 2.75) is 154 Å². The lowest BCUT2D eigenvalue weighted by atomic mass is 10.1. The maximum absolute atomic E-state index is 13.2. The summed E-state index contributed by atoms with van der Waals surface area (Å²) in [6.45, 7) is 8.05. The first-order valence-electron chi connectivity index (χ1n) is 14.4. The third kappa shape index (κ3) is 16.4. The molecule has 0 radical (unpaired) electrons. The predicted molar refractivity (Wildman–Crippen MR) is 149 cm³/mol. The van der Waals surface area contributed by atoms with Crippen LogP contribution in [0, 0.1) is 0 Å². The lowest BCUT2D eigenvalue weighted by Crippen LogP contribution is -2.42. The zero-order valence-electron chi connectivity index (χ0n) is 23.4. The molecule has 0 aromatic rings. The Hall–Kier alpha value is -0.400. The molecule has 0 spiro atoms. The standard InChI is InChI=1S/C27H53O7PS/c1-5-8-10-12-14-15-16-18-20-23-36(31)25(21-19-17-13-11-9-6-2)24(4)33-34-27(35-30,26(28)29)32-22-7-3/h24-25H,5-23H2,1-4H3,(H,28,29)/p+1. The van der Waals surface area contributed by atoms with Crippen LogP contribution in [0.1, 0.15) is 137 Å². The first-order chi connectivity index (χ1) is 17.4. The lowest BCUT2D eigenvalue weighted by molar-refractivity contribution is -0.402. The van der Waals surface area contributed by atoms with Crippen LogP contribution in [0.4, 0.5) is 0 Å². The van der Waals surface area contributed by atoms with Crippen LogP contribution in [-0.4, -0.2) is 44.5 Å². The van der Waals surface area contributed by atoms with Crippen LogP contribution in [0.2, 0.25) is 0 Å². The van der Waals surface area contributed by atoms with Gasteiger partial charge >= 0.3 is 20.0 Å². The Morgan fingerprint density at radius 1 is 0.833 bits per heavy atom. The molecule has 7 nitrogen and oxygen atoms in total. The maximum atomic E-state index is 13.2. The number of carboxylic acids is 1. The Morgan fingerprint density at radius 2 is 1.33 bits per heavy atom. The summed E-state index contributed by atoms with van der Waals surface area (Å²) in [5.41, 5.74) is -2.35. The van der Waals surface area contributed by atoms with Gasteiger partial charge in [-0.05, 0) is 26.2 Å². The van der Waals surface area contributed by atoms with Crippen molar-refractivity contribution in [3.8, 4) is 0 Å². The molecule has 0 heterocycles. The van der Waals surface area contributed by atoms with Crippen molar-refractivity contribution < 1.29 is 33.2 Å². The van der Waals surface area contributed by atoms with Crippen molar-refractivity contribution >= 4 is 25.2 Å². The molecular weight excluding hydrogens is 499 g/mol. The number of rotatable bonds is 27. The Bertz CT molecular complexity index is 578. The molecule has 0 fully saturated rings. The van der Waals surface area contributed by atoms with Crippen LogP contribution in [0.5, 0.6) is 0 Å². The first kappa shape index (κ1) is 35.6. The van der Waals surface area contributed by atoms with Crippen molar-refractivity contribution in [2.24, 2.45) is 0 Å². The zero-order chi connectivity index (χ0) is 27.1. The van der Waals surface area contributed by atoms with Gasteiger partial charge in [0.05, 0.1) is 11.9 Å². The van der Waals surface area contributed by atoms with E-state index in [2.05, 4.69) is 13.8 Å². The van der Waals surface area contributed by atoms with Crippen molar-refractivity contribution in [1.29, 1.82) is 0 Å². The van der Waals surface area contributed by atoms with E-state index in [1.807, 2.05) is 6.92 Å². The molecule has 0 aliphatic heterocycles. The third-order valence-electron chi connectivity index (χ3n) is 6.40. The largest absolute Gasteiger partial charge is 0.497 e. The van der Waals surface area contributed by atoms with E-state index in [-0.39, 0.29) is 11.9 Å². The normalized spacial score (nSPS) is 16.0. The molecule has 0 aliphatic rings. The fraction of sp³-hybridized carbons (Fsp3) is 0.963. The maximum Gasteiger partial charge on any atom is 0.497 e. The molecule has 214 valence electrons. The monoisotopic (exact) mass is 553 g/mol. The van der Waals surface area contributed by atoms with E-state index < -0.39 is 36.9 Å². The summed E-state index contributed by atoms with van der Waals surface area (Å²) in [4.78, 5) is 22.3. The van der Waals surface area contributed by atoms with Crippen LogP contribution in [0.25, 0.3) is 0 Å². The van der Waals surface area contributed by atoms with Crippen LogP contribution < -0.4 is 0 Å². The van der Waals surface area contributed by atoms with E-state index in [1.165, 1.54) is 64.2 Å². The summed E-state index contributed by atoms with van der Waals surface area (Å²) in [7, 11) is -2.52. The fourth-order valence-corrected chi connectivity index (χ4v) is 6.10. The van der Waals surface area contributed by atoms with E-state index in [0.717, 1.165) is 38.5 Å². The second-order valence-corrected chi connectivity index (χ2v) is 12.4. The molecule has 0 bridgehead atoms. The molecule has 36 heavy (non-hydrogen) atoms. The van der Waals surface area contributed by atoms with E-state index in [1.54, 1.807) is 6.92 Å². The second kappa shape index (κ2) is 23.7. The van der Waals surface area contributed by atoms with Crippen molar-refractivity contribution in [3.63, 3.8) is 0 Å². The molecule has 5 atom stereocenters. The smallest absolute Gasteiger partial charge is 0.474 e. The molecule has 0 saturated carbocycles. The Labute approximate surface area is 224 Å². The van der Waals surface area contributed by atoms with Gasteiger partial charge in [-0.2, -0.15) is 0 Å². The SMILES string of the molecule is CCCCCCCCCCCS(=O)C(CCCCCCCC)C(C)OOC(OCCC)([PH+]=O)C(=O)O. The minimum atomic E-state index is -2.35. The number of unbranched alkanes of at least 4 members (excludes halogenated alkanes) is 13. The highest BCUT2D eigenvalue weighted by atomic mass is 32.2. The molecule has 0 saturated heterocycles. The number of hydrogen-bond acceptors (Lipinski definition) is 6. The summed E-state index contributed by atoms with van der Waals surface area (Å²) in [5.74, 6) is -0.899. The van der Waals surface area contributed by atoms with Gasteiger partial charge in [-0.1, -0.05) is 115 Å². The van der Waals surface area contributed by atoms with Gasteiger partial charge in [0.2, 0.25) is 0 Å². The summed E-state index contributed by atoms with van der Waals surface area (Å²) in [6.07, 6.45) is 18.3. The number of ether oxygens (including phenoxy) is 1. The second-order valence-electron chi connectivity index (χ2n) is 9.77. The Kier molecular flexibility index (Phi) is 23.4. The Balaban J connectivity index is 4.81. The molecule has 0 aromatic heterocycles. The number of carboxylic acid groups (broad SMARTS) is 1. The van der Waals surface area contributed by atoms with Crippen LogP contribution in [0.3, 0.4) is 0 Å². The van der Waals surface area contributed by atoms with Crippen molar-refractivity contribution in [3.05, 3.63) is 0 Å². The van der Waals surface area contributed by atoms with Crippen LogP contribution >= 0.6 is 8.46 Å². The molecule has 0 rings (SSSR count). The highest BCUT2D eigenvalue weighted by molar-refractivity contribution is 7.85. The first-order valence-corrected chi connectivity index (χ1v) is 16.7. The highest BCUT2D eigenvalue weighted by Gasteiger charge is 2.54. The quantitative estimate of drug-likeness (QED) is 0.0363. The van der Waals surface area contributed by atoms with Crippen LogP contribution in [-0.2, 0) is 34.7 Å². The molecule has 1 N–H and O–H groups in total. The summed E-state index contributed by atoms with van der Waals surface area (Å²) in [5, 5.41) is 9.24.